The zero-order valence-electron chi connectivity index (χ0n) is 16.5. The third kappa shape index (κ3) is 3.22. The molecule has 3 saturated heterocycles. The average molecular weight is 423 g/mol. The number of fused-ring (bicyclic) bond motifs is 4. The maximum Gasteiger partial charge on any atom is 0.410 e. The van der Waals surface area contributed by atoms with Crippen LogP contribution in [0.1, 0.15) is 36.9 Å². The zero-order valence-corrected chi connectivity index (χ0v) is 17.3. The number of pyridine rings is 1. The molecule has 0 saturated carbocycles. The van der Waals surface area contributed by atoms with Gasteiger partial charge in [-0.25, -0.2) is 4.79 Å². The van der Waals surface area contributed by atoms with Crippen molar-refractivity contribution in [2.45, 2.75) is 36.8 Å². The number of ether oxygens (including phenoxy) is 1. The lowest BCUT2D eigenvalue weighted by molar-refractivity contribution is -0.141. The van der Waals surface area contributed by atoms with Crippen molar-refractivity contribution < 1.29 is 14.3 Å². The van der Waals surface area contributed by atoms with Gasteiger partial charge in [0.25, 0.3) is 5.56 Å². The van der Waals surface area contributed by atoms with E-state index in [1.54, 1.807) is 28.6 Å². The first-order valence-corrected chi connectivity index (χ1v) is 10.1. The molecular weight excluding hydrogens is 396 g/mol. The SMILES string of the molecule is CN1CC2(CCN(C(=O)[C@H]3[C@@H]4CNC[C@@H](C4)c4cccc(=O)n43)CC2)OC1=O.Cl. The Kier molecular flexibility index (Phi) is 5.11. The van der Waals surface area contributed by atoms with Crippen LogP contribution < -0.4 is 10.9 Å². The second-order valence-electron chi connectivity index (χ2n) is 8.69. The molecule has 0 radical (unpaired) electrons. The van der Waals surface area contributed by atoms with E-state index in [2.05, 4.69) is 5.32 Å². The maximum atomic E-state index is 13.5. The molecule has 5 heterocycles. The van der Waals surface area contributed by atoms with Crippen molar-refractivity contribution in [2.75, 3.05) is 39.8 Å². The molecule has 1 N–H and O–H groups in total. The average Bonchev–Trinajstić information content (AvgIpc) is 2.96. The maximum absolute atomic E-state index is 13.5. The van der Waals surface area contributed by atoms with Gasteiger partial charge in [0.15, 0.2) is 0 Å². The highest BCUT2D eigenvalue weighted by atomic mass is 35.5. The van der Waals surface area contributed by atoms with E-state index in [0.29, 0.717) is 32.5 Å². The quantitative estimate of drug-likeness (QED) is 0.728. The molecule has 29 heavy (non-hydrogen) atoms. The second kappa shape index (κ2) is 7.32. The number of rotatable bonds is 1. The molecule has 0 aromatic carbocycles. The van der Waals surface area contributed by atoms with Gasteiger partial charge in [0.05, 0.1) is 6.54 Å². The number of carbonyl (C=O) groups is 2. The molecule has 5 rings (SSSR count). The number of halogens is 1. The van der Waals surface area contributed by atoms with Gasteiger partial charge >= 0.3 is 6.09 Å². The number of hydrogen-bond donors (Lipinski definition) is 1. The number of nitrogens with zero attached hydrogens (tertiary/aromatic N) is 3. The third-order valence-corrected chi connectivity index (χ3v) is 6.93. The van der Waals surface area contributed by atoms with Crippen LogP contribution in [0.4, 0.5) is 4.79 Å². The van der Waals surface area contributed by atoms with Crippen LogP contribution in [0.5, 0.6) is 0 Å². The highest BCUT2D eigenvalue weighted by Crippen LogP contribution is 2.40. The van der Waals surface area contributed by atoms with Crippen molar-refractivity contribution in [1.29, 1.82) is 0 Å². The molecule has 1 aromatic rings. The predicted octanol–water partition coefficient (Wildman–Crippen LogP) is 0.961. The van der Waals surface area contributed by atoms with Crippen LogP contribution >= 0.6 is 12.4 Å². The van der Waals surface area contributed by atoms with E-state index in [1.807, 2.05) is 11.0 Å². The summed E-state index contributed by atoms with van der Waals surface area (Å²) in [5, 5.41) is 3.44. The topological polar surface area (TPSA) is 83.9 Å². The molecule has 2 amide bonds. The van der Waals surface area contributed by atoms with Gasteiger partial charge in [-0.1, -0.05) is 6.07 Å². The van der Waals surface area contributed by atoms with Gasteiger partial charge < -0.3 is 19.9 Å². The number of piperidine rings is 2. The van der Waals surface area contributed by atoms with Gasteiger partial charge in [0.1, 0.15) is 11.6 Å². The summed E-state index contributed by atoms with van der Waals surface area (Å²) < 4.78 is 7.35. The van der Waals surface area contributed by atoms with E-state index < -0.39 is 11.6 Å². The van der Waals surface area contributed by atoms with Crippen LogP contribution in [0.2, 0.25) is 0 Å². The Morgan fingerprint density at radius 1 is 1.21 bits per heavy atom. The van der Waals surface area contributed by atoms with E-state index in [1.165, 1.54) is 0 Å². The number of nitrogens with one attached hydrogen (secondary N) is 1. The van der Waals surface area contributed by atoms with E-state index in [9.17, 15) is 14.4 Å². The van der Waals surface area contributed by atoms with Crippen molar-refractivity contribution in [3.05, 3.63) is 34.2 Å². The molecule has 4 aliphatic heterocycles. The van der Waals surface area contributed by atoms with Crippen molar-refractivity contribution in [2.24, 2.45) is 5.92 Å². The monoisotopic (exact) mass is 422 g/mol. The minimum absolute atomic E-state index is 0. The standard InChI is InChI=1S/C20H26N4O4.ClH/c1-22-12-20(28-19(22)27)5-7-23(8-6-20)18(26)17-14-9-13(10-21-11-14)15-3-2-4-16(25)24(15)17;/h2-4,13-14,17,21H,5-12H2,1H3;1H/t13-,14+,17-;/m1./s1. The lowest BCUT2D eigenvalue weighted by atomic mass is 9.78. The summed E-state index contributed by atoms with van der Waals surface area (Å²) in [4.78, 5) is 41.4. The number of amides is 2. The highest BCUT2D eigenvalue weighted by molar-refractivity contribution is 5.85. The predicted molar refractivity (Wildman–Crippen MR) is 108 cm³/mol. The first kappa shape index (κ1) is 20.2. The first-order valence-electron chi connectivity index (χ1n) is 10.1. The fourth-order valence-electron chi connectivity index (χ4n) is 5.49. The van der Waals surface area contributed by atoms with Crippen LogP contribution in [0.3, 0.4) is 0 Å². The zero-order chi connectivity index (χ0) is 19.5. The Balaban J connectivity index is 0.00000205. The van der Waals surface area contributed by atoms with Crippen LogP contribution in [-0.2, 0) is 9.53 Å². The minimum Gasteiger partial charge on any atom is -0.441 e. The summed E-state index contributed by atoms with van der Waals surface area (Å²) in [7, 11) is 1.74. The lowest BCUT2D eigenvalue weighted by Crippen LogP contribution is -2.55. The molecule has 0 unspecified atom stereocenters. The summed E-state index contributed by atoms with van der Waals surface area (Å²) in [5.74, 6) is 0.439. The lowest BCUT2D eigenvalue weighted by Gasteiger charge is -2.45. The van der Waals surface area contributed by atoms with Gasteiger partial charge in [-0.05, 0) is 12.5 Å². The fraction of sp³-hybridized carbons (Fsp3) is 0.650. The van der Waals surface area contributed by atoms with Crippen molar-refractivity contribution >= 4 is 24.4 Å². The molecule has 1 aromatic heterocycles. The van der Waals surface area contributed by atoms with Crippen molar-refractivity contribution in [1.82, 2.24) is 19.7 Å². The van der Waals surface area contributed by atoms with Crippen LogP contribution in [0.25, 0.3) is 0 Å². The molecule has 1 spiro atoms. The van der Waals surface area contributed by atoms with Crippen LogP contribution in [-0.4, -0.2) is 71.7 Å². The summed E-state index contributed by atoms with van der Waals surface area (Å²) in [6.07, 6.45) is 1.94. The van der Waals surface area contributed by atoms with Crippen molar-refractivity contribution in [3.63, 3.8) is 0 Å². The highest BCUT2D eigenvalue weighted by Gasteiger charge is 2.48. The Labute approximate surface area is 175 Å². The third-order valence-electron chi connectivity index (χ3n) is 6.93. The molecular formula is C20H27ClN4O4. The number of likely N-dealkylation sites (tertiary alicyclic amines) is 1. The summed E-state index contributed by atoms with van der Waals surface area (Å²) in [5.41, 5.74) is 0.405. The Bertz CT molecular complexity index is 879. The number of hydrogen-bond acceptors (Lipinski definition) is 5. The molecule has 9 heteroatoms. The van der Waals surface area contributed by atoms with Gasteiger partial charge in [-0.15, -0.1) is 12.4 Å². The first-order chi connectivity index (χ1) is 13.5. The molecule has 3 atom stereocenters. The van der Waals surface area contributed by atoms with Crippen LogP contribution in [0.15, 0.2) is 23.0 Å². The van der Waals surface area contributed by atoms with Crippen molar-refractivity contribution in [3.8, 4) is 0 Å². The van der Waals surface area contributed by atoms with E-state index >= 15 is 0 Å². The molecule has 8 nitrogen and oxygen atoms in total. The minimum atomic E-state index is -0.471. The summed E-state index contributed by atoms with van der Waals surface area (Å²) in [6.45, 7) is 3.29. The fourth-order valence-corrected chi connectivity index (χ4v) is 5.49. The second-order valence-corrected chi connectivity index (χ2v) is 8.69. The Morgan fingerprint density at radius 3 is 2.66 bits per heavy atom. The molecule has 158 valence electrons. The smallest absolute Gasteiger partial charge is 0.410 e. The number of likely N-dealkylation sites (N-methyl/N-ethyl adjacent to an activating group) is 1. The van der Waals surface area contributed by atoms with Gasteiger partial charge in [-0.2, -0.15) is 0 Å². The normalized spacial score (nSPS) is 29.8. The summed E-state index contributed by atoms with van der Waals surface area (Å²) in [6, 6.07) is 4.88. The summed E-state index contributed by atoms with van der Waals surface area (Å²) >= 11 is 0. The largest absolute Gasteiger partial charge is 0.441 e. The Hall–Kier alpha value is -2.06. The molecule has 3 fully saturated rings. The van der Waals surface area contributed by atoms with Gasteiger partial charge in [-0.3, -0.25) is 14.2 Å². The molecule has 2 bridgehead atoms. The number of carbonyl (C=O) groups excluding carboxylic acids is 2. The van der Waals surface area contributed by atoms with E-state index in [-0.39, 0.29) is 41.8 Å². The molecule has 4 aliphatic rings. The van der Waals surface area contributed by atoms with E-state index in [0.717, 1.165) is 25.2 Å². The van der Waals surface area contributed by atoms with Gasteiger partial charge in [0, 0.05) is 69.7 Å². The van der Waals surface area contributed by atoms with E-state index in [4.69, 9.17) is 4.74 Å². The van der Waals surface area contributed by atoms with Gasteiger partial charge in [0.2, 0.25) is 5.91 Å². The van der Waals surface area contributed by atoms with Crippen LogP contribution in [0, 0.1) is 5.92 Å². The Morgan fingerprint density at radius 2 is 1.97 bits per heavy atom. The molecule has 0 aliphatic carbocycles. The number of aromatic nitrogens is 1.